The molecule has 0 radical (unpaired) electrons. The number of hydrogen-bond acceptors (Lipinski definition) is 5. The molecule has 2 aromatic rings. The van der Waals surface area contributed by atoms with Gasteiger partial charge in [-0.05, 0) is 69.3 Å². The molecule has 1 amide bonds. The summed E-state index contributed by atoms with van der Waals surface area (Å²) >= 11 is 1.69. The van der Waals surface area contributed by atoms with Crippen LogP contribution in [0.15, 0.2) is 46.7 Å². The Morgan fingerprint density at radius 1 is 1.20 bits per heavy atom. The second-order valence-electron chi connectivity index (χ2n) is 8.15. The van der Waals surface area contributed by atoms with Crippen molar-refractivity contribution in [2.45, 2.75) is 50.6 Å². The number of aryl methyl sites for hydroxylation is 1. The summed E-state index contributed by atoms with van der Waals surface area (Å²) in [5, 5.41) is 5.01. The minimum absolute atomic E-state index is 0.113. The fourth-order valence-corrected chi connectivity index (χ4v) is 5.72. The molecule has 1 aliphatic heterocycles. The van der Waals surface area contributed by atoms with Crippen molar-refractivity contribution in [2.75, 3.05) is 19.6 Å². The maximum absolute atomic E-state index is 12.7. The molecule has 8 heteroatoms. The van der Waals surface area contributed by atoms with Gasteiger partial charge in [-0.3, -0.25) is 9.69 Å². The molecule has 1 fully saturated rings. The topological polar surface area (TPSA) is 78.5 Å². The summed E-state index contributed by atoms with van der Waals surface area (Å²) in [6.07, 6.45) is 2.31. The molecule has 1 saturated heterocycles. The fourth-order valence-electron chi connectivity index (χ4n) is 3.65. The van der Waals surface area contributed by atoms with E-state index in [0.29, 0.717) is 6.54 Å². The van der Waals surface area contributed by atoms with Crippen LogP contribution < -0.4 is 10.0 Å². The lowest BCUT2D eigenvalue weighted by Gasteiger charge is -2.36. The number of benzene rings is 1. The smallest absolute Gasteiger partial charge is 0.241 e. The Hall–Kier alpha value is -1.74. The largest absolute Gasteiger partial charge is 0.353 e. The molecule has 30 heavy (non-hydrogen) atoms. The molecular weight excluding hydrogens is 418 g/mol. The summed E-state index contributed by atoms with van der Waals surface area (Å²) < 4.78 is 27.6. The summed E-state index contributed by atoms with van der Waals surface area (Å²) in [4.78, 5) is 16.5. The van der Waals surface area contributed by atoms with Crippen LogP contribution in [0.5, 0.6) is 0 Å². The second-order valence-corrected chi connectivity index (χ2v) is 10.8. The molecule has 2 heterocycles. The van der Waals surface area contributed by atoms with Crippen LogP contribution in [0, 0.1) is 12.8 Å². The van der Waals surface area contributed by atoms with E-state index >= 15 is 0 Å². The standard InChI is InChI=1S/C22H31N3O3S2/c1-16-6-8-19(9-7-16)30(27,28)24-18(3)22(26)23-15-20(21-5-4-14-29-21)25-12-10-17(2)11-13-25/h4-9,14,17-18,20,24H,10-13,15H2,1-3H3,(H,23,26). The van der Waals surface area contributed by atoms with E-state index in [1.165, 1.54) is 4.88 Å². The number of sulfonamides is 1. The maximum atomic E-state index is 12.7. The zero-order chi connectivity index (χ0) is 21.7. The van der Waals surface area contributed by atoms with Crippen molar-refractivity contribution >= 4 is 27.3 Å². The number of rotatable bonds is 8. The number of nitrogens with zero attached hydrogens (tertiary/aromatic N) is 1. The van der Waals surface area contributed by atoms with Gasteiger partial charge in [-0.15, -0.1) is 11.3 Å². The number of likely N-dealkylation sites (tertiary alicyclic amines) is 1. The summed E-state index contributed by atoms with van der Waals surface area (Å²) in [5.41, 5.74) is 0.978. The molecule has 3 rings (SSSR count). The number of piperidine rings is 1. The first-order valence-electron chi connectivity index (χ1n) is 10.4. The monoisotopic (exact) mass is 449 g/mol. The van der Waals surface area contributed by atoms with Gasteiger partial charge in [0.15, 0.2) is 0 Å². The Bertz CT molecular complexity index is 919. The van der Waals surface area contributed by atoms with Crippen LogP contribution in [0.25, 0.3) is 0 Å². The van der Waals surface area contributed by atoms with Crippen molar-refractivity contribution in [3.63, 3.8) is 0 Å². The van der Waals surface area contributed by atoms with Gasteiger partial charge in [0, 0.05) is 11.4 Å². The highest BCUT2D eigenvalue weighted by molar-refractivity contribution is 7.89. The number of nitrogens with one attached hydrogen (secondary N) is 2. The van der Waals surface area contributed by atoms with E-state index in [1.807, 2.05) is 13.0 Å². The quantitative estimate of drug-likeness (QED) is 0.648. The van der Waals surface area contributed by atoms with E-state index in [0.717, 1.165) is 37.4 Å². The molecule has 2 N–H and O–H groups in total. The van der Waals surface area contributed by atoms with Crippen LogP contribution in [0.3, 0.4) is 0 Å². The molecule has 1 aliphatic rings. The zero-order valence-corrected chi connectivity index (χ0v) is 19.4. The summed E-state index contributed by atoms with van der Waals surface area (Å²) in [7, 11) is -3.75. The SMILES string of the molecule is Cc1ccc(S(=O)(=O)NC(C)C(=O)NCC(c2cccs2)N2CCC(C)CC2)cc1. The van der Waals surface area contributed by atoms with Crippen molar-refractivity contribution < 1.29 is 13.2 Å². The molecular formula is C22H31N3O3S2. The van der Waals surface area contributed by atoms with Crippen molar-refractivity contribution in [2.24, 2.45) is 5.92 Å². The second kappa shape index (κ2) is 10.0. The normalized spacial score (nSPS) is 18.1. The van der Waals surface area contributed by atoms with Gasteiger partial charge in [-0.2, -0.15) is 4.72 Å². The molecule has 0 spiro atoms. The average molecular weight is 450 g/mol. The maximum Gasteiger partial charge on any atom is 0.241 e. The molecule has 1 aromatic heterocycles. The molecule has 6 nitrogen and oxygen atoms in total. The Labute approximate surface area is 183 Å². The fraction of sp³-hybridized carbons (Fsp3) is 0.500. The number of thiophene rings is 1. The van der Waals surface area contributed by atoms with Crippen molar-refractivity contribution in [3.8, 4) is 0 Å². The molecule has 0 bridgehead atoms. The molecule has 0 aliphatic carbocycles. The van der Waals surface area contributed by atoms with Crippen molar-refractivity contribution in [1.29, 1.82) is 0 Å². The molecule has 0 saturated carbocycles. The van der Waals surface area contributed by atoms with Gasteiger partial charge in [0.2, 0.25) is 15.9 Å². The minimum Gasteiger partial charge on any atom is -0.353 e. The number of amides is 1. The van der Waals surface area contributed by atoms with E-state index in [4.69, 9.17) is 0 Å². The van der Waals surface area contributed by atoms with E-state index in [9.17, 15) is 13.2 Å². The Kier molecular flexibility index (Phi) is 7.68. The first-order chi connectivity index (χ1) is 14.3. The number of carbonyl (C=O) groups is 1. The molecule has 1 aromatic carbocycles. The predicted molar refractivity (Wildman–Crippen MR) is 121 cm³/mol. The lowest BCUT2D eigenvalue weighted by Crippen LogP contribution is -2.48. The van der Waals surface area contributed by atoms with Crippen LogP contribution in [0.4, 0.5) is 0 Å². The lowest BCUT2D eigenvalue weighted by atomic mass is 9.97. The van der Waals surface area contributed by atoms with Crippen molar-refractivity contribution in [3.05, 3.63) is 52.2 Å². The molecule has 2 atom stereocenters. The van der Waals surface area contributed by atoms with Crippen LogP contribution in [-0.4, -0.2) is 44.9 Å². The van der Waals surface area contributed by atoms with Crippen molar-refractivity contribution in [1.82, 2.24) is 14.9 Å². The summed E-state index contributed by atoms with van der Waals surface area (Å²) in [5.74, 6) is 0.411. The van der Waals surface area contributed by atoms with Crippen LogP contribution in [0.1, 0.15) is 43.2 Å². The highest BCUT2D eigenvalue weighted by Gasteiger charge is 2.27. The third-order valence-electron chi connectivity index (χ3n) is 5.66. The lowest BCUT2D eigenvalue weighted by molar-refractivity contribution is -0.122. The van der Waals surface area contributed by atoms with Gasteiger partial charge in [0.05, 0.1) is 17.0 Å². The highest BCUT2D eigenvalue weighted by atomic mass is 32.2. The number of hydrogen-bond donors (Lipinski definition) is 2. The first kappa shape index (κ1) is 22.9. The van der Waals surface area contributed by atoms with Crippen LogP contribution in [-0.2, 0) is 14.8 Å². The van der Waals surface area contributed by atoms with Gasteiger partial charge in [0.1, 0.15) is 0 Å². The van der Waals surface area contributed by atoms with Gasteiger partial charge < -0.3 is 5.32 Å². The average Bonchev–Trinajstić information content (AvgIpc) is 3.24. The third-order valence-corrected chi connectivity index (χ3v) is 8.19. The van der Waals surface area contributed by atoms with Gasteiger partial charge in [-0.1, -0.05) is 30.7 Å². The highest BCUT2D eigenvalue weighted by Crippen LogP contribution is 2.29. The minimum atomic E-state index is -3.75. The van der Waals surface area contributed by atoms with Gasteiger partial charge >= 0.3 is 0 Å². The first-order valence-corrected chi connectivity index (χ1v) is 12.8. The summed E-state index contributed by atoms with van der Waals surface area (Å²) in [6.45, 7) is 8.23. The van der Waals surface area contributed by atoms with E-state index in [2.05, 4.69) is 33.3 Å². The predicted octanol–water partition coefficient (Wildman–Crippen LogP) is 3.31. The zero-order valence-electron chi connectivity index (χ0n) is 17.8. The van der Waals surface area contributed by atoms with Gasteiger partial charge in [0.25, 0.3) is 0 Å². The summed E-state index contributed by atoms with van der Waals surface area (Å²) in [6, 6.07) is 9.96. The Morgan fingerprint density at radius 3 is 2.47 bits per heavy atom. The third kappa shape index (κ3) is 5.91. The van der Waals surface area contributed by atoms with Gasteiger partial charge in [-0.25, -0.2) is 8.42 Å². The van der Waals surface area contributed by atoms with Crippen LogP contribution in [0.2, 0.25) is 0 Å². The molecule has 2 unspecified atom stereocenters. The Morgan fingerprint density at radius 2 is 1.87 bits per heavy atom. The van der Waals surface area contributed by atoms with E-state index in [-0.39, 0.29) is 16.8 Å². The van der Waals surface area contributed by atoms with E-state index in [1.54, 1.807) is 42.5 Å². The Balaban J connectivity index is 1.61. The van der Waals surface area contributed by atoms with Crippen LogP contribution >= 0.6 is 11.3 Å². The van der Waals surface area contributed by atoms with E-state index < -0.39 is 16.1 Å². The number of carbonyl (C=O) groups excluding carboxylic acids is 1. The molecule has 164 valence electrons.